The first-order chi connectivity index (χ1) is 8.66. The zero-order valence-electron chi connectivity index (χ0n) is 10.7. The summed E-state index contributed by atoms with van der Waals surface area (Å²) in [6.45, 7) is 2.99. The summed E-state index contributed by atoms with van der Waals surface area (Å²) >= 11 is 0. The first-order valence-electron chi connectivity index (χ1n) is 6.54. The Morgan fingerprint density at radius 1 is 1.39 bits per heavy atom. The number of carbonyl (C=O) groups excluding carboxylic acids is 1. The van der Waals surface area contributed by atoms with Gasteiger partial charge >= 0.3 is 0 Å². The minimum absolute atomic E-state index is 0.166. The quantitative estimate of drug-likeness (QED) is 0.851. The molecule has 0 spiro atoms. The average molecular weight is 248 g/mol. The molecule has 2 rings (SSSR count). The van der Waals surface area contributed by atoms with Crippen LogP contribution in [-0.4, -0.2) is 22.6 Å². The zero-order chi connectivity index (χ0) is 13.0. The molecule has 1 aromatic rings. The fraction of sp³-hybridized carbons (Fsp3) is 0.615. The van der Waals surface area contributed by atoms with Crippen LogP contribution in [0.1, 0.15) is 43.1 Å². The molecule has 1 fully saturated rings. The Hall–Kier alpha value is -1.65. The third kappa shape index (κ3) is 3.18. The number of nitrogens with one attached hydrogen (secondary N) is 1. The van der Waals surface area contributed by atoms with E-state index in [1.807, 2.05) is 0 Å². The van der Waals surface area contributed by atoms with Crippen LogP contribution in [-0.2, 0) is 0 Å². The van der Waals surface area contributed by atoms with Gasteiger partial charge in [-0.2, -0.15) is 0 Å². The lowest BCUT2D eigenvalue weighted by molar-refractivity contribution is 0.0930. The van der Waals surface area contributed by atoms with Gasteiger partial charge < -0.3 is 11.1 Å². The average Bonchev–Trinajstić information content (AvgIpc) is 2.38. The number of anilines is 1. The SMILES string of the molecule is CC1CCCCC1CNC(=O)c1ccc(N)nn1. The van der Waals surface area contributed by atoms with E-state index in [4.69, 9.17) is 5.73 Å². The van der Waals surface area contributed by atoms with E-state index < -0.39 is 0 Å². The van der Waals surface area contributed by atoms with Crippen molar-refractivity contribution >= 4 is 11.7 Å². The van der Waals surface area contributed by atoms with Crippen molar-refractivity contribution in [3.05, 3.63) is 17.8 Å². The van der Waals surface area contributed by atoms with Gasteiger partial charge in [0, 0.05) is 6.54 Å². The van der Waals surface area contributed by atoms with E-state index in [1.54, 1.807) is 12.1 Å². The van der Waals surface area contributed by atoms with Gasteiger partial charge in [-0.3, -0.25) is 4.79 Å². The van der Waals surface area contributed by atoms with E-state index in [0.717, 1.165) is 6.54 Å². The van der Waals surface area contributed by atoms with E-state index in [2.05, 4.69) is 22.4 Å². The van der Waals surface area contributed by atoms with Crippen molar-refractivity contribution in [3.8, 4) is 0 Å². The maximum Gasteiger partial charge on any atom is 0.271 e. The summed E-state index contributed by atoms with van der Waals surface area (Å²) in [5.41, 5.74) is 5.76. The fourth-order valence-corrected chi connectivity index (χ4v) is 2.47. The maximum atomic E-state index is 11.9. The standard InChI is InChI=1S/C13H20N4O/c1-9-4-2-3-5-10(9)8-15-13(18)11-6-7-12(14)17-16-11/h6-7,9-10H,2-5,8H2,1H3,(H2,14,17)(H,15,18). The molecule has 2 unspecified atom stereocenters. The van der Waals surface area contributed by atoms with Crippen LogP contribution in [0.2, 0.25) is 0 Å². The van der Waals surface area contributed by atoms with Crippen LogP contribution < -0.4 is 11.1 Å². The molecular formula is C13H20N4O. The highest BCUT2D eigenvalue weighted by molar-refractivity contribution is 5.92. The molecule has 1 heterocycles. The van der Waals surface area contributed by atoms with E-state index in [1.165, 1.54) is 25.7 Å². The number of rotatable bonds is 3. The number of aromatic nitrogens is 2. The van der Waals surface area contributed by atoms with Crippen molar-refractivity contribution in [2.24, 2.45) is 11.8 Å². The molecule has 3 N–H and O–H groups in total. The van der Waals surface area contributed by atoms with Crippen LogP contribution in [0.4, 0.5) is 5.82 Å². The van der Waals surface area contributed by atoms with Crippen molar-refractivity contribution in [2.75, 3.05) is 12.3 Å². The second-order valence-electron chi connectivity index (χ2n) is 5.08. The predicted molar refractivity (Wildman–Crippen MR) is 69.9 cm³/mol. The highest BCUT2D eigenvalue weighted by atomic mass is 16.1. The summed E-state index contributed by atoms with van der Waals surface area (Å²) < 4.78 is 0. The third-order valence-electron chi connectivity index (χ3n) is 3.73. The molecule has 5 nitrogen and oxygen atoms in total. The minimum atomic E-state index is -0.166. The number of nitrogens with two attached hydrogens (primary N) is 1. The largest absolute Gasteiger partial charge is 0.382 e. The highest BCUT2D eigenvalue weighted by Gasteiger charge is 2.21. The molecule has 0 saturated heterocycles. The topological polar surface area (TPSA) is 80.9 Å². The molecule has 0 radical (unpaired) electrons. The predicted octanol–water partition coefficient (Wildman–Crippen LogP) is 1.61. The van der Waals surface area contributed by atoms with Crippen LogP contribution in [0.15, 0.2) is 12.1 Å². The third-order valence-corrected chi connectivity index (χ3v) is 3.73. The smallest absolute Gasteiger partial charge is 0.271 e. The van der Waals surface area contributed by atoms with Gasteiger partial charge in [-0.05, 0) is 30.4 Å². The summed E-state index contributed by atoms with van der Waals surface area (Å²) in [5.74, 6) is 1.44. The zero-order valence-corrected chi connectivity index (χ0v) is 10.7. The molecule has 1 amide bonds. The number of hydrogen-bond donors (Lipinski definition) is 2. The number of amides is 1. The number of carbonyl (C=O) groups is 1. The van der Waals surface area contributed by atoms with Crippen molar-refractivity contribution in [2.45, 2.75) is 32.6 Å². The van der Waals surface area contributed by atoms with Crippen LogP contribution in [0.25, 0.3) is 0 Å². The molecule has 1 aliphatic rings. The Morgan fingerprint density at radius 2 is 2.17 bits per heavy atom. The van der Waals surface area contributed by atoms with Gasteiger partial charge in [0.1, 0.15) is 5.82 Å². The molecule has 98 valence electrons. The van der Waals surface area contributed by atoms with Gasteiger partial charge in [-0.1, -0.05) is 26.2 Å². The summed E-state index contributed by atoms with van der Waals surface area (Å²) in [6.07, 6.45) is 5.05. The lowest BCUT2D eigenvalue weighted by atomic mass is 9.80. The van der Waals surface area contributed by atoms with Crippen LogP contribution >= 0.6 is 0 Å². The van der Waals surface area contributed by atoms with E-state index in [0.29, 0.717) is 23.3 Å². The monoisotopic (exact) mass is 248 g/mol. The van der Waals surface area contributed by atoms with Crippen molar-refractivity contribution in [1.82, 2.24) is 15.5 Å². The van der Waals surface area contributed by atoms with Crippen molar-refractivity contribution < 1.29 is 4.79 Å². The molecule has 0 bridgehead atoms. The molecular weight excluding hydrogens is 228 g/mol. The van der Waals surface area contributed by atoms with Gasteiger partial charge in [-0.25, -0.2) is 0 Å². The molecule has 2 atom stereocenters. The van der Waals surface area contributed by atoms with Gasteiger partial charge in [0.25, 0.3) is 5.91 Å². The Labute approximate surface area is 107 Å². The number of nitrogen functional groups attached to an aromatic ring is 1. The van der Waals surface area contributed by atoms with E-state index >= 15 is 0 Å². The lowest BCUT2D eigenvalue weighted by Gasteiger charge is -2.28. The first kappa shape index (κ1) is 12.8. The summed E-state index contributed by atoms with van der Waals surface area (Å²) in [6, 6.07) is 3.19. The Morgan fingerprint density at radius 3 is 2.83 bits per heavy atom. The minimum Gasteiger partial charge on any atom is -0.382 e. The van der Waals surface area contributed by atoms with E-state index in [9.17, 15) is 4.79 Å². The van der Waals surface area contributed by atoms with Gasteiger partial charge in [0.2, 0.25) is 0 Å². The molecule has 0 aliphatic heterocycles. The van der Waals surface area contributed by atoms with Crippen LogP contribution in [0.3, 0.4) is 0 Å². The second kappa shape index (κ2) is 5.80. The second-order valence-corrected chi connectivity index (χ2v) is 5.08. The number of hydrogen-bond acceptors (Lipinski definition) is 4. The Bertz CT molecular complexity index is 404. The number of nitrogens with zero attached hydrogens (tertiary/aromatic N) is 2. The lowest BCUT2D eigenvalue weighted by Crippen LogP contribution is -2.33. The molecule has 1 saturated carbocycles. The fourth-order valence-electron chi connectivity index (χ4n) is 2.47. The van der Waals surface area contributed by atoms with E-state index in [-0.39, 0.29) is 5.91 Å². The van der Waals surface area contributed by atoms with Crippen LogP contribution in [0.5, 0.6) is 0 Å². The summed E-state index contributed by atoms with van der Waals surface area (Å²) in [7, 11) is 0. The van der Waals surface area contributed by atoms with Crippen molar-refractivity contribution in [1.29, 1.82) is 0 Å². The summed E-state index contributed by atoms with van der Waals surface area (Å²) in [5, 5.41) is 10.4. The van der Waals surface area contributed by atoms with Gasteiger partial charge in [-0.15, -0.1) is 10.2 Å². The van der Waals surface area contributed by atoms with Gasteiger partial charge in [0.05, 0.1) is 0 Å². The molecule has 1 aromatic heterocycles. The Balaban J connectivity index is 1.86. The van der Waals surface area contributed by atoms with Crippen LogP contribution in [0, 0.1) is 11.8 Å². The first-order valence-corrected chi connectivity index (χ1v) is 6.54. The van der Waals surface area contributed by atoms with Gasteiger partial charge in [0.15, 0.2) is 5.69 Å². The maximum absolute atomic E-state index is 11.9. The highest BCUT2D eigenvalue weighted by Crippen LogP contribution is 2.28. The molecule has 0 aromatic carbocycles. The molecule has 5 heteroatoms. The Kier molecular flexibility index (Phi) is 4.12. The molecule has 1 aliphatic carbocycles. The molecule has 18 heavy (non-hydrogen) atoms. The normalized spacial score (nSPS) is 23.6. The summed E-state index contributed by atoms with van der Waals surface area (Å²) in [4.78, 5) is 11.9. The van der Waals surface area contributed by atoms with Crippen molar-refractivity contribution in [3.63, 3.8) is 0 Å².